The molecule has 4 rings (SSSR count). The number of nitrogens with zero attached hydrogens (tertiary/aromatic N) is 4. The first-order chi connectivity index (χ1) is 13.6. The Labute approximate surface area is 163 Å². The van der Waals surface area contributed by atoms with E-state index in [9.17, 15) is 4.79 Å². The first-order valence-corrected chi connectivity index (χ1v) is 9.17. The first-order valence-electron chi connectivity index (χ1n) is 9.17. The van der Waals surface area contributed by atoms with Gasteiger partial charge in [0.25, 0.3) is 5.56 Å². The summed E-state index contributed by atoms with van der Waals surface area (Å²) in [5.74, 6) is 0.530. The zero-order chi connectivity index (χ0) is 19.5. The van der Waals surface area contributed by atoms with Gasteiger partial charge in [0.05, 0.1) is 5.69 Å². The Bertz CT molecular complexity index is 1100. The molecule has 0 fully saturated rings. The summed E-state index contributed by atoms with van der Waals surface area (Å²) in [6, 6.07) is 9.44. The summed E-state index contributed by atoms with van der Waals surface area (Å²) in [4.78, 5) is 29.7. The number of H-pyrrole nitrogens is 1. The fourth-order valence-electron chi connectivity index (χ4n) is 3.33. The second-order valence-corrected chi connectivity index (χ2v) is 6.81. The van der Waals surface area contributed by atoms with E-state index in [1.807, 2.05) is 37.4 Å². The molecule has 0 saturated heterocycles. The van der Waals surface area contributed by atoms with Gasteiger partial charge >= 0.3 is 0 Å². The van der Waals surface area contributed by atoms with E-state index in [0.29, 0.717) is 5.82 Å². The van der Waals surface area contributed by atoms with Crippen molar-refractivity contribution in [1.82, 2.24) is 24.8 Å². The van der Waals surface area contributed by atoms with Crippen LogP contribution >= 0.6 is 0 Å². The standard InChI is InChI=1S/C22H21N5O/c1-15(11-21-24-9-6-22(28)26-21)16(2)27-10-7-20-18(14-27)12-17(13-25-20)19-5-3-4-8-23-19/h3-6,8-9,11-13H,2,7,10,14H2,1H3,(H,24,26,28)/b15-11-. The van der Waals surface area contributed by atoms with Gasteiger partial charge in [0.1, 0.15) is 5.82 Å². The van der Waals surface area contributed by atoms with Crippen LogP contribution in [-0.2, 0) is 13.0 Å². The minimum Gasteiger partial charge on any atom is -0.367 e. The molecule has 3 aromatic heterocycles. The van der Waals surface area contributed by atoms with Gasteiger partial charge in [-0.25, -0.2) is 4.98 Å². The zero-order valence-corrected chi connectivity index (χ0v) is 15.7. The SMILES string of the molecule is C=C(/C(C)=C\c1nccc(=O)[nH]1)N1CCc2ncc(-c3ccccn3)cc2C1. The van der Waals surface area contributed by atoms with Crippen molar-refractivity contribution in [3.63, 3.8) is 0 Å². The van der Waals surface area contributed by atoms with Crippen LogP contribution in [0.4, 0.5) is 0 Å². The average Bonchev–Trinajstić information content (AvgIpc) is 2.73. The molecule has 0 aliphatic carbocycles. The van der Waals surface area contributed by atoms with Crippen molar-refractivity contribution >= 4 is 6.08 Å². The van der Waals surface area contributed by atoms with Gasteiger partial charge in [-0.1, -0.05) is 12.6 Å². The maximum atomic E-state index is 11.5. The fraction of sp³-hybridized carbons (Fsp3) is 0.182. The Morgan fingerprint density at radius 1 is 1.21 bits per heavy atom. The lowest BCUT2D eigenvalue weighted by Gasteiger charge is -2.32. The predicted octanol–water partition coefficient (Wildman–Crippen LogP) is 3.20. The Morgan fingerprint density at radius 2 is 2.11 bits per heavy atom. The monoisotopic (exact) mass is 371 g/mol. The van der Waals surface area contributed by atoms with Crippen LogP contribution in [-0.4, -0.2) is 31.4 Å². The van der Waals surface area contributed by atoms with Gasteiger partial charge in [0.15, 0.2) is 0 Å². The van der Waals surface area contributed by atoms with Crippen molar-refractivity contribution in [3.05, 3.63) is 94.2 Å². The largest absolute Gasteiger partial charge is 0.367 e. The van der Waals surface area contributed by atoms with E-state index in [1.165, 1.54) is 17.8 Å². The van der Waals surface area contributed by atoms with Gasteiger partial charge in [0.2, 0.25) is 0 Å². The van der Waals surface area contributed by atoms with Crippen molar-refractivity contribution in [3.8, 4) is 11.3 Å². The molecule has 3 aromatic rings. The molecule has 0 bridgehead atoms. The second-order valence-electron chi connectivity index (χ2n) is 6.81. The van der Waals surface area contributed by atoms with E-state index < -0.39 is 0 Å². The van der Waals surface area contributed by atoms with Crippen molar-refractivity contribution in [2.45, 2.75) is 19.9 Å². The average molecular weight is 371 g/mol. The van der Waals surface area contributed by atoms with Crippen LogP contribution < -0.4 is 5.56 Å². The van der Waals surface area contributed by atoms with E-state index in [-0.39, 0.29) is 5.56 Å². The molecule has 1 N–H and O–H groups in total. The highest BCUT2D eigenvalue weighted by Gasteiger charge is 2.20. The van der Waals surface area contributed by atoms with Crippen molar-refractivity contribution in [2.75, 3.05) is 6.54 Å². The fourth-order valence-corrected chi connectivity index (χ4v) is 3.33. The lowest BCUT2D eigenvalue weighted by Crippen LogP contribution is -2.30. The van der Waals surface area contributed by atoms with Crippen LogP contribution in [0.5, 0.6) is 0 Å². The minimum atomic E-state index is -0.167. The van der Waals surface area contributed by atoms with E-state index in [2.05, 4.69) is 37.5 Å². The number of fused-ring (bicyclic) bond motifs is 1. The van der Waals surface area contributed by atoms with E-state index in [1.54, 1.807) is 6.20 Å². The third kappa shape index (κ3) is 3.76. The molecule has 1 aliphatic rings. The van der Waals surface area contributed by atoms with Crippen LogP contribution in [0.25, 0.3) is 17.3 Å². The van der Waals surface area contributed by atoms with Crippen LogP contribution in [0, 0.1) is 0 Å². The van der Waals surface area contributed by atoms with E-state index in [4.69, 9.17) is 0 Å². The van der Waals surface area contributed by atoms with Gasteiger partial charge < -0.3 is 9.88 Å². The summed E-state index contributed by atoms with van der Waals surface area (Å²) in [6.45, 7) is 7.83. The predicted molar refractivity (Wildman–Crippen MR) is 109 cm³/mol. The Kier molecular flexibility index (Phi) is 4.85. The molecule has 0 unspecified atom stereocenters. The van der Waals surface area contributed by atoms with Crippen molar-refractivity contribution < 1.29 is 0 Å². The molecule has 1 aliphatic heterocycles. The molecular formula is C22H21N5O. The van der Waals surface area contributed by atoms with Crippen LogP contribution in [0.2, 0.25) is 0 Å². The van der Waals surface area contributed by atoms with E-state index >= 15 is 0 Å². The summed E-state index contributed by atoms with van der Waals surface area (Å²) in [6.07, 6.45) is 7.91. The maximum absolute atomic E-state index is 11.5. The third-order valence-electron chi connectivity index (χ3n) is 4.88. The molecule has 6 heteroatoms. The Balaban J connectivity index is 1.56. The molecule has 4 heterocycles. The molecule has 28 heavy (non-hydrogen) atoms. The number of nitrogens with one attached hydrogen (secondary N) is 1. The Hall–Kier alpha value is -3.54. The molecule has 0 aromatic carbocycles. The van der Waals surface area contributed by atoms with Crippen LogP contribution in [0.15, 0.2) is 71.6 Å². The van der Waals surface area contributed by atoms with Gasteiger partial charge in [-0.3, -0.25) is 14.8 Å². The second kappa shape index (κ2) is 7.60. The van der Waals surface area contributed by atoms with Gasteiger partial charge in [-0.05, 0) is 42.3 Å². The molecule has 0 radical (unpaired) electrons. The van der Waals surface area contributed by atoms with Crippen LogP contribution in [0.1, 0.15) is 24.0 Å². The number of pyridine rings is 2. The maximum Gasteiger partial charge on any atom is 0.251 e. The molecule has 6 nitrogen and oxygen atoms in total. The molecule has 0 amide bonds. The number of hydrogen-bond acceptors (Lipinski definition) is 5. The highest BCUT2D eigenvalue weighted by atomic mass is 16.1. The lowest BCUT2D eigenvalue weighted by atomic mass is 10.0. The smallest absolute Gasteiger partial charge is 0.251 e. The number of aromatic amines is 1. The molecular weight excluding hydrogens is 350 g/mol. The summed E-state index contributed by atoms with van der Waals surface area (Å²) in [5.41, 5.74) is 5.97. The van der Waals surface area contributed by atoms with E-state index in [0.717, 1.165) is 47.7 Å². The third-order valence-corrected chi connectivity index (χ3v) is 4.88. The number of aromatic nitrogens is 4. The minimum absolute atomic E-state index is 0.167. The van der Waals surface area contributed by atoms with Crippen molar-refractivity contribution in [1.29, 1.82) is 0 Å². The van der Waals surface area contributed by atoms with Gasteiger partial charge in [-0.2, -0.15) is 0 Å². The normalized spacial score (nSPS) is 13.9. The highest BCUT2D eigenvalue weighted by Crippen LogP contribution is 2.26. The molecule has 0 spiro atoms. The zero-order valence-electron chi connectivity index (χ0n) is 15.7. The van der Waals surface area contributed by atoms with Gasteiger partial charge in [0, 0.05) is 61.1 Å². The molecule has 140 valence electrons. The first kappa shape index (κ1) is 17.9. The van der Waals surface area contributed by atoms with Gasteiger partial charge in [-0.15, -0.1) is 0 Å². The number of hydrogen-bond donors (Lipinski definition) is 1. The quantitative estimate of drug-likeness (QED) is 0.713. The highest BCUT2D eigenvalue weighted by molar-refractivity contribution is 5.59. The summed E-state index contributed by atoms with van der Waals surface area (Å²) in [7, 11) is 0. The topological polar surface area (TPSA) is 74.8 Å². The lowest BCUT2D eigenvalue weighted by molar-refractivity contribution is 0.326. The molecule has 0 atom stereocenters. The summed E-state index contributed by atoms with van der Waals surface area (Å²) in [5, 5.41) is 0. The van der Waals surface area contributed by atoms with Crippen LogP contribution in [0.3, 0.4) is 0 Å². The molecule has 0 saturated carbocycles. The Morgan fingerprint density at radius 3 is 2.89 bits per heavy atom. The number of rotatable bonds is 4. The number of allylic oxidation sites excluding steroid dienone is 1. The van der Waals surface area contributed by atoms with Crippen molar-refractivity contribution in [2.24, 2.45) is 0 Å². The summed E-state index contributed by atoms with van der Waals surface area (Å²) < 4.78 is 0. The summed E-state index contributed by atoms with van der Waals surface area (Å²) >= 11 is 0.